The molecule has 0 spiro atoms. The number of hydrogen-bond donors (Lipinski definition) is 1. The minimum absolute atomic E-state index is 0. The summed E-state index contributed by atoms with van der Waals surface area (Å²) in [4.78, 5) is 17.6. The van der Waals surface area contributed by atoms with Gasteiger partial charge in [-0.05, 0) is 6.42 Å². The average Bonchev–Trinajstić information content (AvgIpc) is 3.30. The third-order valence-electron chi connectivity index (χ3n) is 5.22. The molecule has 1 N–H and O–H groups in total. The van der Waals surface area contributed by atoms with Gasteiger partial charge in [0.05, 0.1) is 5.56 Å². The Morgan fingerprint density at radius 3 is 2.62 bits per heavy atom. The van der Waals surface area contributed by atoms with Crippen LogP contribution in [-0.2, 0) is 7.05 Å². The van der Waals surface area contributed by atoms with Crippen LogP contribution in [0.15, 0.2) is 36.5 Å². The minimum atomic E-state index is 0. The van der Waals surface area contributed by atoms with Gasteiger partial charge in [0, 0.05) is 64.1 Å². The van der Waals surface area contributed by atoms with E-state index < -0.39 is 0 Å². The number of hydrogen-bond acceptors (Lipinski definition) is 4. The maximum Gasteiger partial charge on any atom is 0.257 e. The summed E-state index contributed by atoms with van der Waals surface area (Å²) in [6.07, 6.45) is 2.91. The van der Waals surface area contributed by atoms with Crippen molar-refractivity contribution in [2.24, 2.45) is 7.05 Å². The van der Waals surface area contributed by atoms with Gasteiger partial charge in [0.2, 0.25) is 0 Å². The second-order valence-electron chi connectivity index (χ2n) is 6.91. The lowest BCUT2D eigenvalue weighted by atomic mass is 10.1. The summed E-state index contributed by atoms with van der Waals surface area (Å²) in [5, 5.41) is 7.93. The van der Waals surface area contributed by atoms with E-state index in [0.29, 0.717) is 11.6 Å². The van der Waals surface area contributed by atoms with E-state index >= 15 is 0 Å². The summed E-state index contributed by atoms with van der Waals surface area (Å²) < 4.78 is 1.74. The Kier molecular flexibility index (Phi) is 5.96. The van der Waals surface area contributed by atoms with Crippen LogP contribution in [0.3, 0.4) is 0 Å². The van der Waals surface area contributed by atoms with Gasteiger partial charge < -0.3 is 10.2 Å². The number of aryl methyl sites for hydroxylation is 1. The summed E-state index contributed by atoms with van der Waals surface area (Å²) in [6.45, 7) is 5.90. The molecular weight excluding hydrogens is 350 g/mol. The number of likely N-dealkylation sites (tertiary alicyclic amines) is 1. The van der Waals surface area contributed by atoms with Crippen LogP contribution in [0.2, 0.25) is 0 Å². The molecule has 2 aliphatic heterocycles. The first-order valence-corrected chi connectivity index (χ1v) is 9.05. The standard InChI is InChI=1S/C19H25N5O.ClH/c1-22-14-17(18(21-22)15-5-3-2-4-6-15)19(25)24-10-7-16(13-24)23-11-8-20-9-12-23;/h2-6,14,16,20H,7-13H2,1H3;1H. The van der Waals surface area contributed by atoms with Crippen LogP contribution in [0.1, 0.15) is 16.8 Å². The molecule has 26 heavy (non-hydrogen) atoms. The van der Waals surface area contributed by atoms with E-state index in [4.69, 9.17) is 0 Å². The summed E-state index contributed by atoms with van der Waals surface area (Å²) in [7, 11) is 1.87. The summed E-state index contributed by atoms with van der Waals surface area (Å²) in [6, 6.07) is 10.4. The molecule has 0 radical (unpaired) electrons. The zero-order chi connectivity index (χ0) is 17.2. The molecule has 0 bridgehead atoms. The number of piperazine rings is 1. The highest BCUT2D eigenvalue weighted by Crippen LogP contribution is 2.25. The molecule has 2 aromatic rings. The Morgan fingerprint density at radius 1 is 1.15 bits per heavy atom. The zero-order valence-corrected chi connectivity index (χ0v) is 15.9. The van der Waals surface area contributed by atoms with Crippen LogP contribution in [0.5, 0.6) is 0 Å². The second kappa shape index (κ2) is 8.20. The first kappa shape index (κ1) is 18.9. The monoisotopic (exact) mass is 375 g/mol. The summed E-state index contributed by atoms with van der Waals surface area (Å²) in [5.74, 6) is 0.101. The molecule has 3 heterocycles. The fourth-order valence-corrected chi connectivity index (χ4v) is 3.90. The van der Waals surface area contributed by atoms with Crippen LogP contribution in [0, 0.1) is 0 Å². The quantitative estimate of drug-likeness (QED) is 0.886. The lowest BCUT2D eigenvalue weighted by molar-refractivity contribution is 0.0774. The maximum absolute atomic E-state index is 13.1. The van der Waals surface area contributed by atoms with Crippen molar-refractivity contribution in [1.29, 1.82) is 0 Å². The van der Waals surface area contributed by atoms with Crippen molar-refractivity contribution < 1.29 is 4.79 Å². The van der Waals surface area contributed by atoms with Gasteiger partial charge in [-0.25, -0.2) is 0 Å². The Labute approximate surface area is 160 Å². The van der Waals surface area contributed by atoms with Crippen molar-refractivity contribution in [1.82, 2.24) is 24.9 Å². The third-order valence-corrected chi connectivity index (χ3v) is 5.22. The van der Waals surface area contributed by atoms with Gasteiger partial charge in [-0.2, -0.15) is 5.10 Å². The fourth-order valence-electron chi connectivity index (χ4n) is 3.90. The molecule has 7 heteroatoms. The van der Waals surface area contributed by atoms with Gasteiger partial charge in [-0.15, -0.1) is 12.4 Å². The number of amides is 1. The van der Waals surface area contributed by atoms with Gasteiger partial charge in [-0.1, -0.05) is 30.3 Å². The Bertz CT molecular complexity index is 742. The molecule has 1 amide bonds. The number of carbonyl (C=O) groups excluding carboxylic acids is 1. The molecule has 140 valence electrons. The van der Waals surface area contributed by atoms with Gasteiger partial charge in [0.25, 0.3) is 5.91 Å². The minimum Gasteiger partial charge on any atom is -0.337 e. The Hall–Kier alpha value is -1.89. The van der Waals surface area contributed by atoms with Crippen molar-refractivity contribution in [3.05, 3.63) is 42.1 Å². The van der Waals surface area contributed by atoms with Crippen LogP contribution >= 0.6 is 12.4 Å². The molecule has 0 saturated carbocycles. The van der Waals surface area contributed by atoms with Gasteiger partial charge in [0.15, 0.2) is 0 Å². The molecule has 4 rings (SSSR count). The molecule has 6 nitrogen and oxygen atoms in total. The van der Waals surface area contributed by atoms with E-state index in [9.17, 15) is 4.79 Å². The zero-order valence-electron chi connectivity index (χ0n) is 15.1. The first-order chi connectivity index (χ1) is 12.2. The smallest absolute Gasteiger partial charge is 0.257 e. The molecule has 1 aromatic heterocycles. The van der Waals surface area contributed by atoms with Crippen LogP contribution in [0.25, 0.3) is 11.3 Å². The van der Waals surface area contributed by atoms with Gasteiger partial charge >= 0.3 is 0 Å². The molecule has 1 atom stereocenters. The molecule has 1 unspecified atom stereocenters. The van der Waals surface area contributed by atoms with Crippen molar-refractivity contribution in [3.63, 3.8) is 0 Å². The van der Waals surface area contributed by atoms with Crippen molar-refractivity contribution in [2.75, 3.05) is 39.3 Å². The average molecular weight is 376 g/mol. The SMILES string of the molecule is Cl.Cn1cc(C(=O)N2CCC(N3CCNCC3)C2)c(-c2ccccc2)n1. The van der Waals surface area contributed by atoms with Crippen LogP contribution in [0.4, 0.5) is 0 Å². The predicted molar refractivity (Wildman–Crippen MR) is 105 cm³/mol. The number of rotatable bonds is 3. The summed E-state index contributed by atoms with van der Waals surface area (Å²) >= 11 is 0. The molecular formula is C19H26ClN5O. The van der Waals surface area contributed by atoms with E-state index in [-0.39, 0.29) is 18.3 Å². The normalized spacial score (nSPS) is 20.8. The largest absolute Gasteiger partial charge is 0.337 e. The van der Waals surface area contributed by atoms with E-state index in [0.717, 1.165) is 56.9 Å². The highest BCUT2D eigenvalue weighted by Gasteiger charge is 2.32. The number of carbonyl (C=O) groups is 1. The van der Waals surface area contributed by atoms with Crippen LogP contribution < -0.4 is 5.32 Å². The molecule has 2 saturated heterocycles. The Morgan fingerprint density at radius 2 is 1.88 bits per heavy atom. The number of nitrogens with zero attached hydrogens (tertiary/aromatic N) is 4. The lowest BCUT2D eigenvalue weighted by Gasteiger charge is -2.32. The van der Waals surface area contributed by atoms with E-state index in [2.05, 4.69) is 15.3 Å². The third kappa shape index (κ3) is 3.77. The first-order valence-electron chi connectivity index (χ1n) is 9.05. The van der Waals surface area contributed by atoms with Crippen LogP contribution in [-0.4, -0.2) is 70.8 Å². The molecule has 0 aliphatic carbocycles. The second-order valence-corrected chi connectivity index (χ2v) is 6.91. The van der Waals surface area contributed by atoms with E-state index in [1.807, 2.05) is 48.5 Å². The number of halogens is 1. The maximum atomic E-state index is 13.1. The summed E-state index contributed by atoms with van der Waals surface area (Å²) in [5.41, 5.74) is 2.47. The van der Waals surface area contributed by atoms with E-state index in [1.165, 1.54) is 0 Å². The number of nitrogens with one attached hydrogen (secondary N) is 1. The number of benzene rings is 1. The molecule has 1 aromatic carbocycles. The number of aromatic nitrogens is 2. The molecule has 2 fully saturated rings. The van der Waals surface area contributed by atoms with Crippen molar-refractivity contribution in [3.8, 4) is 11.3 Å². The predicted octanol–water partition coefficient (Wildman–Crippen LogP) is 1.63. The lowest BCUT2D eigenvalue weighted by Crippen LogP contribution is -2.49. The van der Waals surface area contributed by atoms with Gasteiger partial charge in [-0.3, -0.25) is 14.4 Å². The highest BCUT2D eigenvalue weighted by atomic mass is 35.5. The topological polar surface area (TPSA) is 53.4 Å². The molecule has 2 aliphatic rings. The van der Waals surface area contributed by atoms with E-state index in [1.54, 1.807) is 4.68 Å². The fraction of sp³-hybridized carbons (Fsp3) is 0.474. The Balaban J connectivity index is 0.00000196. The van der Waals surface area contributed by atoms with Crippen molar-refractivity contribution in [2.45, 2.75) is 12.5 Å². The van der Waals surface area contributed by atoms with Gasteiger partial charge in [0.1, 0.15) is 5.69 Å². The van der Waals surface area contributed by atoms with Crippen molar-refractivity contribution >= 4 is 18.3 Å². The highest BCUT2D eigenvalue weighted by molar-refractivity contribution is 6.00.